The first-order chi connectivity index (χ1) is 11.5. The third kappa shape index (κ3) is 3.18. The minimum atomic E-state index is -0.0246. The lowest BCUT2D eigenvalue weighted by Gasteiger charge is -2.15. The zero-order valence-corrected chi connectivity index (χ0v) is 14.3. The lowest BCUT2D eigenvalue weighted by Crippen LogP contribution is -2.28. The number of para-hydroxylation sites is 1. The van der Waals surface area contributed by atoms with Crippen molar-refractivity contribution >= 4 is 23.2 Å². The highest BCUT2D eigenvalue weighted by Crippen LogP contribution is 2.38. The van der Waals surface area contributed by atoms with E-state index in [4.69, 9.17) is 0 Å². The SMILES string of the molecule is CC(=O)N1CC(CC(=O)Nc2ccc(C)c(C)c2)c2ccccc21. The van der Waals surface area contributed by atoms with Gasteiger partial charge in [0, 0.05) is 37.2 Å². The van der Waals surface area contributed by atoms with E-state index in [1.807, 2.05) is 56.3 Å². The molecular formula is C20H22N2O2. The van der Waals surface area contributed by atoms with Gasteiger partial charge in [0.2, 0.25) is 11.8 Å². The fraction of sp³-hybridized carbons (Fsp3) is 0.300. The Morgan fingerprint density at radius 3 is 2.58 bits per heavy atom. The van der Waals surface area contributed by atoms with E-state index in [0.29, 0.717) is 13.0 Å². The number of carbonyl (C=O) groups is 2. The van der Waals surface area contributed by atoms with Crippen molar-refractivity contribution in [1.82, 2.24) is 0 Å². The highest BCUT2D eigenvalue weighted by Gasteiger charge is 2.31. The van der Waals surface area contributed by atoms with Crippen LogP contribution in [0.1, 0.15) is 36.0 Å². The molecule has 1 N–H and O–H groups in total. The van der Waals surface area contributed by atoms with Gasteiger partial charge in [-0.15, -0.1) is 0 Å². The lowest BCUT2D eigenvalue weighted by molar-refractivity contribution is -0.118. The van der Waals surface area contributed by atoms with Gasteiger partial charge >= 0.3 is 0 Å². The summed E-state index contributed by atoms with van der Waals surface area (Å²) in [7, 11) is 0. The molecule has 1 aliphatic heterocycles. The molecule has 1 unspecified atom stereocenters. The highest BCUT2D eigenvalue weighted by molar-refractivity contribution is 5.96. The second kappa shape index (κ2) is 6.48. The molecule has 1 atom stereocenters. The van der Waals surface area contributed by atoms with Crippen molar-refractivity contribution in [1.29, 1.82) is 0 Å². The van der Waals surface area contributed by atoms with Crippen LogP contribution in [0.2, 0.25) is 0 Å². The first-order valence-corrected chi connectivity index (χ1v) is 8.20. The fourth-order valence-corrected chi connectivity index (χ4v) is 3.22. The summed E-state index contributed by atoms with van der Waals surface area (Å²) < 4.78 is 0. The van der Waals surface area contributed by atoms with Crippen LogP contribution in [0.15, 0.2) is 42.5 Å². The third-order valence-corrected chi connectivity index (χ3v) is 4.67. The van der Waals surface area contributed by atoms with Crippen LogP contribution in [0, 0.1) is 13.8 Å². The summed E-state index contributed by atoms with van der Waals surface area (Å²) in [5.41, 5.74) is 5.17. The van der Waals surface area contributed by atoms with Gasteiger partial charge in [0.15, 0.2) is 0 Å². The Balaban J connectivity index is 1.73. The molecule has 2 aromatic carbocycles. The summed E-state index contributed by atoms with van der Waals surface area (Å²) in [6.45, 7) is 6.21. The molecule has 2 aromatic rings. The Hall–Kier alpha value is -2.62. The molecule has 0 radical (unpaired) electrons. The normalized spacial score (nSPS) is 16.0. The highest BCUT2D eigenvalue weighted by atomic mass is 16.2. The topological polar surface area (TPSA) is 49.4 Å². The molecule has 3 rings (SSSR count). The van der Waals surface area contributed by atoms with E-state index in [-0.39, 0.29) is 17.7 Å². The largest absolute Gasteiger partial charge is 0.326 e. The molecule has 0 spiro atoms. The van der Waals surface area contributed by atoms with E-state index in [9.17, 15) is 9.59 Å². The monoisotopic (exact) mass is 322 g/mol. The second-order valence-corrected chi connectivity index (χ2v) is 6.44. The molecule has 1 heterocycles. The standard InChI is InChI=1S/C20H22N2O2/c1-13-8-9-17(10-14(13)2)21-20(24)11-16-12-22(15(3)23)19-7-5-4-6-18(16)19/h4-10,16H,11-12H2,1-3H3,(H,21,24). The van der Waals surface area contributed by atoms with E-state index in [2.05, 4.69) is 5.32 Å². The summed E-state index contributed by atoms with van der Waals surface area (Å²) in [6.07, 6.45) is 0.369. The molecule has 124 valence electrons. The smallest absolute Gasteiger partial charge is 0.225 e. The lowest BCUT2D eigenvalue weighted by atomic mass is 9.97. The Morgan fingerprint density at radius 1 is 1.12 bits per heavy atom. The first kappa shape index (κ1) is 16.2. The average molecular weight is 322 g/mol. The average Bonchev–Trinajstić information content (AvgIpc) is 2.90. The first-order valence-electron chi connectivity index (χ1n) is 8.20. The molecule has 0 aliphatic carbocycles. The number of benzene rings is 2. The summed E-state index contributed by atoms with van der Waals surface area (Å²) >= 11 is 0. The minimum absolute atomic E-state index is 0.0134. The zero-order valence-electron chi connectivity index (χ0n) is 14.3. The number of carbonyl (C=O) groups excluding carboxylic acids is 2. The molecule has 0 bridgehead atoms. The second-order valence-electron chi connectivity index (χ2n) is 6.44. The molecular weight excluding hydrogens is 300 g/mol. The Bertz CT molecular complexity index is 798. The number of amides is 2. The van der Waals surface area contributed by atoms with Crippen molar-refractivity contribution in [3.8, 4) is 0 Å². The molecule has 0 aromatic heterocycles. The van der Waals surface area contributed by atoms with Crippen LogP contribution in [0.5, 0.6) is 0 Å². The Kier molecular flexibility index (Phi) is 4.38. The number of nitrogens with zero attached hydrogens (tertiary/aromatic N) is 1. The quantitative estimate of drug-likeness (QED) is 0.935. The Morgan fingerprint density at radius 2 is 1.88 bits per heavy atom. The minimum Gasteiger partial charge on any atom is -0.326 e. The van der Waals surface area contributed by atoms with Crippen molar-refractivity contribution in [2.45, 2.75) is 33.1 Å². The summed E-state index contributed by atoms with van der Waals surface area (Å²) in [6, 6.07) is 13.7. The van der Waals surface area contributed by atoms with Crippen molar-refractivity contribution in [3.05, 3.63) is 59.2 Å². The molecule has 0 saturated heterocycles. The van der Waals surface area contributed by atoms with Crippen LogP contribution in [-0.4, -0.2) is 18.4 Å². The van der Waals surface area contributed by atoms with Crippen molar-refractivity contribution in [2.75, 3.05) is 16.8 Å². The molecule has 2 amide bonds. The van der Waals surface area contributed by atoms with Gasteiger partial charge in [0.05, 0.1) is 0 Å². The van der Waals surface area contributed by atoms with Crippen LogP contribution in [0.4, 0.5) is 11.4 Å². The molecule has 1 aliphatic rings. The van der Waals surface area contributed by atoms with E-state index >= 15 is 0 Å². The van der Waals surface area contributed by atoms with Crippen LogP contribution in [0.25, 0.3) is 0 Å². The number of aryl methyl sites for hydroxylation is 2. The van der Waals surface area contributed by atoms with Gasteiger partial charge in [-0.3, -0.25) is 9.59 Å². The zero-order chi connectivity index (χ0) is 17.3. The van der Waals surface area contributed by atoms with Gasteiger partial charge in [-0.25, -0.2) is 0 Å². The predicted octanol–water partition coefficient (Wildman–Crippen LogP) is 3.78. The van der Waals surface area contributed by atoms with Crippen molar-refractivity contribution in [3.63, 3.8) is 0 Å². The van der Waals surface area contributed by atoms with E-state index in [1.54, 1.807) is 11.8 Å². The van der Waals surface area contributed by atoms with Gasteiger partial charge in [0.25, 0.3) is 0 Å². The summed E-state index contributed by atoms with van der Waals surface area (Å²) in [4.78, 5) is 26.0. The van der Waals surface area contributed by atoms with Gasteiger partial charge in [0.1, 0.15) is 0 Å². The summed E-state index contributed by atoms with van der Waals surface area (Å²) in [5.74, 6) is 0.0274. The van der Waals surface area contributed by atoms with Gasteiger partial charge in [-0.05, 0) is 48.7 Å². The van der Waals surface area contributed by atoms with Gasteiger partial charge in [-0.2, -0.15) is 0 Å². The maximum absolute atomic E-state index is 12.4. The van der Waals surface area contributed by atoms with Crippen LogP contribution in [0.3, 0.4) is 0 Å². The molecule has 24 heavy (non-hydrogen) atoms. The van der Waals surface area contributed by atoms with E-state index in [0.717, 1.165) is 22.5 Å². The van der Waals surface area contributed by atoms with Crippen molar-refractivity contribution in [2.24, 2.45) is 0 Å². The number of hydrogen-bond donors (Lipinski definition) is 1. The molecule has 0 saturated carbocycles. The summed E-state index contributed by atoms with van der Waals surface area (Å²) in [5, 5.41) is 2.97. The van der Waals surface area contributed by atoms with E-state index < -0.39 is 0 Å². The number of nitrogens with one attached hydrogen (secondary N) is 1. The third-order valence-electron chi connectivity index (χ3n) is 4.67. The maximum atomic E-state index is 12.4. The molecule has 4 heteroatoms. The number of hydrogen-bond acceptors (Lipinski definition) is 2. The van der Waals surface area contributed by atoms with Gasteiger partial charge in [-0.1, -0.05) is 24.3 Å². The fourth-order valence-electron chi connectivity index (χ4n) is 3.22. The van der Waals surface area contributed by atoms with Gasteiger partial charge < -0.3 is 10.2 Å². The molecule has 4 nitrogen and oxygen atoms in total. The van der Waals surface area contributed by atoms with Crippen LogP contribution in [-0.2, 0) is 9.59 Å². The number of anilines is 2. The van der Waals surface area contributed by atoms with Crippen LogP contribution >= 0.6 is 0 Å². The number of rotatable bonds is 3. The Labute approximate surface area is 142 Å². The van der Waals surface area contributed by atoms with E-state index in [1.165, 1.54) is 5.56 Å². The molecule has 0 fully saturated rings. The number of fused-ring (bicyclic) bond motifs is 1. The predicted molar refractivity (Wildman–Crippen MR) is 96.4 cm³/mol. The maximum Gasteiger partial charge on any atom is 0.225 e. The van der Waals surface area contributed by atoms with Crippen molar-refractivity contribution < 1.29 is 9.59 Å². The van der Waals surface area contributed by atoms with Crippen LogP contribution < -0.4 is 10.2 Å².